The molecule has 3 aromatic rings. The molecule has 1 atom stereocenters. The van der Waals surface area contributed by atoms with E-state index in [-0.39, 0.29) is 12.4 Å². The summed E-state index contributed by atoms with van der Waals surface area (Å²) in [7, 11) is 0. The fraction of sp³-hybridized carbons (Fsp3) is 0.269. The van der Waals surface area contributed by atoms with Crippen LogP contribution < -0.4 is 5.32 Å². The van der Waals surface area contributed by atoms with Gasteiger partial charge in [-0.1, -0.05) is 67.9 Å². The maximum absolute atomic E-state index is 11.5. The van der Waals surface area contributed by atoms with Gasteiger partial charge in [0.2, 0.25) is 0 Å². The van der Waals surface area contributed by atoms with Gasteiger partial charge in [-0.15, -0.1) is 24.2 Å². The van der Waals surface area contributed by atoms with E-state index in [1.807, 2.05) is 24.3 Å². The van der Waals surface area contributed by atoms with E-state index in [2.05, 4.69) is 43.4 Å². The zero-order chi connectivity index (χ0) is 23.1. The van der Waals surface area contributed by atoms with Gasteiger partial charge in [-0.25, -0.2) is 4.79 Å². The zero-order valence-corrected chi connectivity index (χ0v) is 21.0. The smallest absolute Gasteiger partial charge is 0.336 e. The van der Waals surface area contributed by atoms with E-state index in [1.54, 1.807) is 30.0 Å². The average molecular weight is 506 g/mol. The molecule has 0 bridgehead atoms. The molecule has 0 spiro atoms. The van der Waals surface area contributed by atoms with E-state index < -0.39 is 12.1 Å². The Morgan fingerprint density at radius 2 is 1.73 bits per heavy atom. The lowest BCUT2D eigenvalue weighted by molar-refractivity contribution is 0.0693. The van der Waals surface area contributed by atoms with Crippen molar-refractivity contribution >= 4 is 41.7 Å². The van der Waals surface area contributed by atoms with Crippen LogP contribution in [-0.4, -0.2) is 34.5 Å². The number of hydrogen-bond donors (Lipinski definition) is 3. The third kappa shape index (κ3) is 8.05. The van der Waals surface area contributed by atoms with E-state index in [9.17, 15) is 15.0 Å². The van der Waals surface area contributed by atoms with Crippen LogP contribution in [0.1, 0.15) is 41.4 Å². The Morgan fingerprint density at radius 1 is 1.03 bits per heavy atom. The minimum absolute atomic E-state index is 0. The van der Waals surface area contributed by atoms with Crippen LogP contribution >= 0.6 is 35.8 Å². The molecule has 4 nitrogen and oxygen atoms in total. The number of aliphatic hydroxyl groups is 1. The third-order valence-corrected chi connectivity index (χ3v) is 6.32. The van der Waals surface area contributed by atoms with Crippen LogP contribution in [0.2, 0.25) is 5.02 Å². The van der Waals surface area contributed by atoms with Gasteiger partial charge in [0, 0.05) is 21.7 Å². The minimum Gasteiger partial charge on any atom is -0.478 e. The molecule has 0 aromatic heterocycles. The lowest BCUT2D eigenvalue weighted by Gasteiger charge is -2.13. The number of nitrogens with one attached hydrogen (secondary N) is 1. The molecule has 0 amide bonds. The van der Waals surface area contributed by atoms with Crippen LogP contribution in [0.25, 0.3) is 11.1 Å². The molecule has 0 saturated carbocycles. The molecule has 0 aliphatic heterocycles. The molecule has 3 rings (SSSR count). The molecule has 0 saturated heterocycles. The number of carboxylic acid groups (broad SMARTS) is 1. The first-order valence-electron chi connectivity index (χ1n) is 10.6. The minimum atomic E-state index is -0.900. The van der Waals surface area contributed by atoms with Gasteiger partial charge in [0.15, 0.2) is 0 Å². The van der Waals surface area contributed by atoms with Gasteiger partial charge in [-0.3, -0.25) is 0 Å². The Morgan fingerprint density at radius 3 is 2.36 bits per heavy atom. The molecule has 0 unspecified atom stereocenters. The summed E-state index contributed by atoms with van der Waals surface area (Å²) in [6.07, 6.45) is 0.248. The molecular formula is C26H29Cl2NO3S. The SMILES string of the molecule is CC(C)Sc1cc(-c2ccc(CCNC[C@@H](O)c3cccc(Cl)c3)cc2)ccc1C(=O)O.Cl. The molecule has 33 heavy (non-hydrogen) atoms. The van der Waals surface area contributed by atoms with Gasteiger partial charge >= 0.3 is 5.97 Å². The van der Waals surface area contributed by atoms with Gasteiger partial charge in [0.1, 0.15) is 0 Å². The van der Waals surface area contributed by atoms with Gasteiger partial charge in [0.25, 0.3) is 0 Å². The molecular weight excluding hydrogens is 477 g/mol. The van der Waals surface area contributed by atoms with Crippen molar-refractivity contribution in [2.45, 2.75) is 36.5 Å². The number of hydrogen-bond acceptors (Lipinski definition) is 4. The molecule has 0 fully saturated rings. The van der Waals surface area contributed by atoms with Crippen molar-refractivity contribution in [3.8, 4) is 11.1 Å². The first kappa shape index (κ1) is 27.2. The van der Waals surface area contributed by atoms with Gasteiger partial charge in [-0.2, -0.15) is 0 Å². The number of thioether (sulfide) groups is 1. The van der Waals surface area contributed by atoms with Crippen LogP contribution in [0.5, 0.6) is 0 Å². The summed E-state index contributed by atoms with van der Waals surface area (Å²) in [5.74, 6) is -0.900. The molecule has 0 heterocycles. The van der Waals surface area contributed by atoms with Crippen LogP contribution in [-0.2, 0) is 6.42 Å². The van der Waals surface area contributed by atoms with Crippen molar-refractivity contribution in [3.05, 3.63) is 88.4 Å². The van der Waals surface area contributed by atoms with E-state index in [0.29, 0.717) is 22.4 Å². The summed E-state index contributed by atoms with van der Waals surface area (Å²) in [5.41, 5.74) is 4.40. The van der Waals surface area contributed by atoms with Crippen LogP contribution in [0.15, 0.2) is 71.6 Å². The summed E-state index contributed by atoms with van der Waals surface area (Å²) in [4.78, 5) is 12.3. The topological polar surface area (TPSA) is 69.6 Å². The highest BCUT2D eigenvalue weighted by molar-refractivity contribution is 8.00. The van der Waals surface area contributed by atoms with Crippen molar-refractivity contribution in [3.63, 3.8) is 0 Å². The Hall–Kier alpha value is -2.02. The van der Waals surface area contributed by atoms with Crippen molar-refractivity contribution in [2.24, 2.45) is 0 Å². The number of benzene rings is 3. The van der Waals surface area contributed by atoms with Gasteiger partial charge in [-0.05, 0) is 59.5 Å². The second-order valence-corrected chi connectivity index (χ2v) is 9.96. The molecule has 0 aliphatic rings. The molecule has 176 valence electrons. The maximum atomic E-state index is 11.5. The molecule has 0 radical (unpaired) electrons. The summed E-state index contributed by atoms with van der Waals surface area (Å²) in [6.45, 7) is 5.32. The Labute approximate surface area is 210 Å². The standard InChI is InChI=1S/C26H28ClNO3S.ClH/c1-17(2)32-25-15-20(10-11-23(25)26(30)31)19-8-6-18(7-9-19)12-13-28-16-24(29)21-4-3-5-22(27)14-21;/h3-11,14-15,17,24,28-29H,12-13,16H2,1-2H3,(H,30,31);1H/t24-;/m1./s1. The highest BCUT2D eigenvalue weighted by Gasteiger charge is 2.13. The van der Waals surface area contributed by atoms with Gasteiger partial charge < -0.3 is 15.5 Å². The summed E-state index contributed by atoms with van der Waals surface area (Å²) >= 11 is 7.54. The first-order chi connectivity index (χ1) is 15.3. The first-order valence-corrected chi connectivity index (χ1v) is 11.9. The van der Waals surface area contributed by atoms with E-state index in [0.717, 1.165) is 34.6 Å². The maximum Gasteiger partial charge on any atom is 0.336 e. The number of carboxylic acids is 1. The summed E-state index contributed by atoms with van der Waals surface area (Å²) < 4.78 is 0. The normalized spacial score (nSPS) is 11.8. The van der Waals surface area contributed by atoms with Gasteiger partial charge in [0.05, 0.1) is 11.7 Å². The fourth-order valence-corrected chi connectivity index (χ4v) is 4.58. The molecule has 3 aromatic carbocycles. The van der Waals surface area contributed by atoms with Crippen molar-refractivity contribution in [1.82, 2.24) is 5.32 Å². The quantitative estimate of drug-likeness (QED) is 0.217. The average Bonchev–Trinajstić information content (AvgIpc) is 2.76. The lowest BCUT2D eigenvalue weighted by Crippen LogP contribution is -2.23. The summed E-state index contributed by atoms with van der Waals surface area (Å²) in [5, 5.41) is 23.9. The zero-order valence-electron chi connectivity index (χ0n) is 18.6. The second-order valence-electron chi connectivity index (χ2n) is 7.90. The Kier molecular flexibility index (Phi) is 10.7. The lowest BCUT2D eigenvalue weighted by atomic mass is 10.0. The largest absolute Gasteiger partial charge is 0.478 e. The van der Waals surface area contributed by atoms with Crippen LogP contribution in [0, 0.1) is 0 Å². The highest BCUT2D eigenvalue weighted by atomic mass is 35.5. The Bertz CT molecular complexity index is 1060. The number of carbonyl (C=O) groups is 1. The summed E-state index contributed by atoms with van der Waals surface area (Å²) in [6, 6.07) is 21.1. The third-order valence-electron chi connectivity index (χ3n) is 5.02. The predicted molar refractivity (Wildman–Crippen MR) is 140 cm³/mol. The molecule has 7 heteroatoms. The molecule has 0 aliphatic carbocycles. The van der Waals surface area contributed by atoms with E-state index in [4.69, 9.17) is 11.6 Å². The fourth-order valence-electron chi connectivity index (χ4n) is 3.40. The van der Waals surface area contributed by atoms with E-state index in [1.165, 1.54) is 5.56 Å². The number of aromatic carboxylic acids is 1. The predicted octanol–water partition coefficient (Wildman–Crippen LogP) is 6.49. The van der Waals surface area contributed by atoms with E-state index >= 15 is 0 Å². The highest BCUT2D eigenvalue weighted by Crippen LogP contribution is 2.31. The van der Waals surface area contributed by atoms with Crippen LogP contribution in [0.3, 0.4) is 0 Å². The number of rotatable bonds is 10. The second kappa shape index (κ2) is 13.0. The van der Waals surface area contributed by atoms with Crippen molar-refractivity contribution < 1.29 is 15.0 Å². The van der Waals surface area contributed by atoms with Crippen molar-refractivity contribution in [2.75, 3.05) is 13.1 Å². The Balaban J connectivity index is 0.00000385. The number of aliphatic hydroxyl groups excluding tert-OH is 1. The monoisotopic (exact) mass is 505 g/mol. The van der Waals surface area contributed by atoms with Crippen molar-refractivity contribution in [1.29, 1.82) is 0 Å². The number of halogens is 2. The molecule has 3 N–H and O–H groups in total. The van der Waals surface area contributed by atoms with Crippen LogP contribution in [0.4, 0.5) is 0 Å².